The minimum atomic E-state index is 0.149. The molecule has 2 N–H and O–H groups in total. The molecule has 1 aliphatic rings. The lowest BCUT2D eigenvalue weighted by Crippen LogP contribution is -2.39. The van der Waals surface area contributed by atoms with Crippen LogP contribution in [0.1, 0.15) is 23.7 Å². The second-order valence-electron chi connectivity index (χ2n) is 6.37. The molecule has 2 unspecified atom stereocenters. The van der Waals surface area contributed by atoms with Gasteiger partial charge in [0.05, 0.1) is 13.2 Å². The van der Waals surface area contributed by atoms with Crippen LogP contribution in [0.25, 0.3) is 0 Å². The number of benzene rings is 2. The molecule has 0 amide bonds. The molecule has 0 aliphatic carbocycles. The molecule has 1 fully saturated rings. The smallest absolute Gasteiger partial charge is 0.191 e. The molecule has 3 rings (SSSR count). The molecule has 0 bridgehead atoms. The molecule has 1 heterocycles. The van der Waals surface area contributed by atoms with Gasteiger partial charge < -0.3 is 20.1 Å². The van der Waals surface area contributed by atoms with E-state index in [9.17, 15) is 0 Å². The van der Waals surface area contributed by atoms with Gasteiger partial charge in [-0.05, 0) is 18.1 Å². The fraction of sp³-hybridized carbons (Fsp3) is 0.381. The van der Waals surface area contributed by atoms with Crippen LogP contribution >= 0.6 is 0 Å². The van der Waals surface area contributed by atoms with Crippen LogP contribution in [0.2, 0.25) is 0 Å². The molecule has 0 saturated carbocycles. The zero-order chi connectivity index (χ0) is 18.2. The minimum absolute atomic E-state index is 0.149. The van der Waals surface area contributed by atoms with Crippen LogP contribution in [0.5, 0.6) is 5.75 Å². The van der Waals surface area contributed by atoms with Gasteiger partial charge in [0.15, 0.2) is 5.96 Å². The number of guanidine groups is 1. The van der Waals surface area contributed by atoms with E-state index < -0.39 is 0 Å². The lowest BCUT2D eigenvalue weighted by molar-refractivity contribution is 0.0915. The van der Waals surface area contributed by atoms with Crippen molar-refractivity contribution in [3.8, 4) is 5.75 Å². The van der Waals surface area contributed by atoms with Gasteiger partial charge in [-0.15, -0.1) is 0 Å². The van der Waals surface area contributed by atoms with E-state index in [-0.39, 0.29) is 6.10 Å². The number of ether oxygens (including phenoxy) is 2. The van der Waals surface area contributed by atoms with Gasteiger partial charge in [0, 0.05) is 38.2 Å². The molecule has 0 aromatic heterocycles. The normalized spacial score (nSPS) is 20.0. The van der Waals surface area contributed by atoms with E-state index in [1.807, 2.05) is 24.3 Å². The summed E-state index contributed by atoms with van der Waals surface area (Å²) in [6.07, 6.45) is 1.20. The summed E-state index contributed by atoms with van der Waals surface area (Å²) >= 11 is 0. The Bertz CT molecular complexity index is 718. The Balaban J connectivity index is 1.54. The number of para-hydroxylation sites is 1. The monoisotopic (exact) mass is 353 g/mol. The van der Waals surface area contributed by atoms with Crippen LogP contribution in [0, 0.1) is 5.92 Å². The summed E-state index contributed by atoms with van der Waals surface area (Å²) in [6.45, 7) is 2.29. The Morgan fingerprint density at radius 3 is 2.65 bits per heavy atom. The summed E-state index contributed by atoms with van der Waals surface area (Å²) in [4.78, 5) is 4.33. The van der Waals surface area contributed by atoms with Crippen LogP contribution in [-0.4, -0.2) is 33.3 Å². The molecular weight excluding hydrogens is 326 g/mol. The Hall–Kier alpha value is -2.53. The van der Waals surface area contributed by atoms with Gasteiger partial charge in [0.1, 0.15) is 5.75 Å². The SMILES string of the molecule is CN=C(NCc1ccccc1OC)NCC1CCOC1c1ccccc1. The van der Waals surface area contributed by atoms with E-state index >= 15 is 0 Å². The fourth-order valence-corrected chi connectivity index (χ4v) is 3.33. The van der Waals surface area contributed by atoms with Crippen molar-refractivity contribution in [1.82, 2.24) is 10.6 Å². The highest BCUT2D eigenvalue weighted by molar-refractivity contribution is 5.79. The van der Waals surface area contributed by atoms with E-state index in [4.69, 9.17) is 9.47 Å². The highest BCUT2D eigenvalue weighted by Crippen LogP contribution is 2.33. The maximum atomic E-state index is 5.96. The van der Waals surface area contributed by atoms with Gasteiger partial charge in [0.2, 0.25) is 0 Å². The average molecular weight is 353 g/mol. The maximum Gasteiger partial charge on any atom is 0.191 e. The van der Waals surface area contributed by atoms with Crippen LogP contribution < -0.4 is 15.4 Å². The topological polar surface area (TPSA) is 54.9 Å². The zero-order valence-corrected chi connectivity index (χ0v) is 15.4. The summed E-state index contributed by atoms with van der Waals surface area (Å²) < 4.78 is 11.4. The van der Waals surface area contributed by atoms with Crippen LogP contribution in [0.4, 0.5) is 0 Å². The fourth-order valence-electron chi connectivity index (χ4n) is 3.33. The van der Waals surface area contributed by atoms with Crippen LogP contribution in [0.15, 0.2) is 59.6 Å². The van der Waals surface area contributed by atoms with Crippen molar-refractivity contribution < 1.29 is 9.47 Å². The Morgan fingerprint density at radius 1 is 1.12 bits per heavy atom. The summed E-state index contributed by atoms with van der Waals surface area (Å²) in [7, 11) is 3.48. The number of rotatable bonds is 6. The average Bonchev–Trinajstić information content (AvgIpc) is 3.17. The Kier molecular flexibility index (Phi) is 6.50. The van der Waals surface area contributed by atoms with Gasteiger partial charge in [-0.2, -0.15) is 0 Å². The highest BCUT2D eigenvalue weighted by atomic mass is 16.5. The third-order valence-corrected chi connectivity index (χ3v) is 4.74. The highest BCUT2D eigenvalue weighted by Gasteiger charge is 2.29. The van der Waals surface area contributed by atoms with Crippen molar-refractivity contribution in [2.45, 2.75) is 19.1 Å². The summed E-state index contributed by atoms with van der Waals surface area (Å²) in [5, 5.41) is 6.79. The standard InChI is InChI=1S/C21H27N3O2/c1-22-21(23-14-17-10-6-7-11-19(17)25-2)24-15-18-12-13-26-20(18)16-8-4-3-5-9-16/h3-11,18,20H,12-15H2,1-2H3,(H2,22,23,24). The van der Waals surface area contributed by atoms with Crippen LogP contribution in [-0.2, 0) is 11.3 Å². The molecule has 2 atom stereocenters. The number of methoxy groups -OCH3 is 1. The molecule has 5 heteroatoms. The largest absolute Gasteiger partial charge is 0.496 e. The third kappa shape index (κ3) is 4.55. The minimum Gasteiger partial charge on any atom is -0.496 e. The lowest BCUT2D eigenvalue weighted by atomic mass is 9.95. The number of aliphatic imine (C=N–C) groups is 1. The molecular formula is C21H27N3O2. The van der Waals surface area contributed by atoms with Crippen molar-refractivity contribution in [3.05, 3.63) is 65.7 Å². The number of hydrogen-bond acceptors (Lipinski definition) is 3. The predicted molar refractivity (Wildman–Crippen MR) is 104 cm³/mol. The number of nitrogens with zero attached hydrogens (tertiary/aromatic N) is 1. The second-order valence-corrected chi connectivity index (χ2v) is 6.37. The summed E-state index contributed by atoms with van der Waals surface area (Å²) in [5.41, 5.74) is 2.35. The van der Waals surface area contributed by atoms with Crippen LogP contribution in [0.3, 0.4) is 0 Å². The predicted octanol–water partition coefficient (Wildman–Crippen LogP) is 3.14. The molecule has 0 spiro atoms. The summed E-state index contributed by atoms with van der Waals surface area (Å²) in [6, 6.07) is 18.4. The molecule has 1 saturated heterocycles. The zero-order valence-electron chi connectivity index (χ0n) is 15.4. The summed E-state index contributed by atoms with van der Waals surface area (Å²) in [5.74, 6) is 2.10. The quantitative estimate of drug-likeness (QED) is 0.619. The Labute approximate surface area is 155 Å². The van der Waals surface area contributed by atoms with Crippen molar-refractivity contribution >= 4 is 5.96 Å². The number of nitrogens with one attached hydrogen (secondary N) is 2. The maximum absolute atomic E-state index is 5.96. The first-order chi connectivity index (χ1) is 12.8. The second kappa shape index (κ2) is 9.25. The van der Waals surface area contributed by atoms with E-state index in [1.165, 1.54) is 5.56 Å². The van der Waals surface area contributed by atoms with Crippen molar-refractivity contribution in [3.63, 3.8) is 0 Å². The van der Waals surface area contributed by atoms with Gasteiger partial charge in [-0.1, -0.05) is 48.5 Å². The van der Waals surface area contributed by atoms with Crippen molar-refractivity contribution in [2.75, 3.05) is 27.3 Å². The molecule has 2 aromatic rings. The first kappa shape index (κ1) is 18.3. The van der Waals surface area contributed by atoms with E-state index in [2.05, 4.69) is 46.0 Å². The molecule has 2 aromatic carbocycles. The van der Waals surface area contributed by atoms with Gasteiger partial charge >= 0.3 is 0 Å². The molecule has 138 valence electrons. The van der Waals surface area contributed by atoms with Gasteiger partial charge in [-0.25, -0.2) is 0 Å². The van der Waals surface area contributed by atoms with Gasteiger partial charge in [-0.3, -0.25) is 4.99 Å². The van der Waals surface area contributed by atoms with Crippen molar-refractivity contribution in [1.29, 1.82) is 0 Å². The first-order valence-electron chi connectivity index (χ1n) is 9.04. The lowest BCUT2D eigenvalue weighted by Gasteiger charge is -2.21. The van der Waals surface area contributed by atoms with E-state index in [0.29, 0.717) is 12.5 Å². The Morgan fingerprint density at radius 2 is 1.88 bits per heavy atom. The molecule has 1 aliphatic heterocycles. The van der Waals surface area contributed by atoms with E-state index in [1.54, 1.807) is 14.2 Å². The number of hydrogen-bond donors (Lipinski definition) is 2. The van der Waals surface area contributed by atoms with Crippen molar-refractivity contribution in [2.24, 2.45) is 10.9 Å². The first-order valence-corrected chi connectivity index (χ1v) is 9.04. The molecule has 0 radical (unpaired) electrons. The molecule has 26 heavy (non-hydrogen) atoms. The molecule has 5 nitrogen and oxygen atoms in total. The van der Waals surface area contributed by atoms with Gasteiger partial charge in [0.25, 0.3) is 0 Å². The third-order valence-electron chi connectivity index (χ3n) is 4.74. The van der Waals surface area contributed by atoms with E-state index in [0.717, 1.165) is 36.8 Å².